The Bertz CT molecular complexity index is 560. The van der Waals surface area contributed by atoms with Gasteiger partial charge in [0.1, 0.15) is 5.75 Å². The summed E-state index contributed by atoms with van der Waals surface area (Å²) in [5, 5.41) is 10.3. The third-order valence-electron chi connectivity index (χ3n) is 2.14. The first-order valence-corrected chi connectivity index (χ1v) is 5.79. The van der Waals surface area contributed by atoms with Crippen LogP contribution >= 0.6 is 31.9 Å². The second-order valence-electron chi connectivity index (χ2n) is 3.19. The highest BCUT2D eigenvalue weighted by molar-refractivity contribution is 9.11. The van der Waals surface area contributed by atoms with Crippen molar-refractivity contribution in [2.75, 3.05) is 0 Å². The van der Waals surface area contributed by atoms with Gasteiger partial charge in [0.25, 0.3) is 0 Å². The summed E-state index contributed by atoms with van der Waals surface area (Å²) in [6, 6.07) is 3.61. The van der Waals surface area contributed by atoms with Gasteiger partial charge in [-0.3, -0.25) is 9.36 Å². The van der Waals surface area contributed by atoms with Crippen molar-refractivity contribution >= 4 is 48.7 Å². The molecule has 2 rings (SSSR count). The van der Waals surface area contributed by atoms with Gasteiger partial charge in [0.05, 0.1) is 11.7 Å². The molecule has 0 saturated carbocycles. The average Bonchev–Trinajstić information content (AvgIpc) is 2.44. The van der Waals surface area contributed by atoms with Crippen LogP contribution in [-0.4, -0.2) is 15.6 Å². The lowest BCUT2D eigenvalue weighted by atomic mass is 10.2. The number of hydrogen-bond donors (Lipinski definition) is 1. The maximum atomic E-state index is 11.3. The largest absolute Gasteiger partial charge is 0.506 e. The average molecular weight is 333 g/mol. The molecule has 0 amide bonds. The van der Waals surface area contributed by atoms with Crippen molar-refractivity contribution < 1.29 is 9.90 Å². The molecule has 1 aromatic carbocycles. The highest BCUT2D eigenvalue weighted by Crippen LogP contribution is 2.35. The SMILES string of the molecule is CC(=O)n1cc(O)c2cc(Br)cc(Br)c21. The maximum absolute atomic E-state index is 11.3. The molecule has 0 aliphatic rings. The lowest BCUT2D eigenvalue weighted by Crippen LogP contribution is -2.03. The molecule has 1 aromatic heterocycles. The highest BCUT2D eigenvalue weighted by Gasteiger charge is 2.13. The Morgan fingerprint density at radius 3 is 2.67 bits per heavy atom. The van der Waals surface area contributed by atoms with Crippen LogP contribution in [0.15, 0.2) is 27.3 Å². The Kier molecular flexibility index (Phi) is 2.60. The number of carbonyl (C=O) groups excluding carboxylic acids is 1. The van der Waals surface area contributed by atoms with E-state index in [1.807, 2.05) is 6.07 Å². The molecule has 0 bridgehead atoms. The fourth-order valence-corrected chi connectivity index (χ4v) is 2.93. The van der Waals surface area contributed by atoms with Gasteiger partial charge in [0.15, 0.2) is 0 Å². The molecule has 0 radical (unpaired) electrons. The normalized spacial score (nSPS) is 10.9. The molecule has 0 fully saturated rings. The van der Waals surface area contributed by atoms with Crippen molar-refractivity contribution in [3.8, 4) is 5.75 Å². The Balaban J connectivity index is 2.93. The van der Waals surface area contributed by atoms with Crippen molar-refractivity contribution in [3.05, 3.63) is 27.3 Å². The molecule has 15 heavy (non-hydrogen) atoms. The predicted octanol–water partition coefficient (Wildman–Crippen LogP) is 3.53. The number of aromatic nitrogens is 1. The molecule has 5 heteroatoms. The summed E-state index contributed by atoms with van der Waals surface area (Å²) in [6.07, 6.45) is 1.42. The molecule has 2 aromatic rings. The molecule has 0 saturated heterocycles. The number of benzene rings is 1. The minimum absolute atomic E-state index is 0.0993. The van der Waals surface area contributed by atoms with Gasteiger partial charge in [0.2, 0.25) is 5.91 Å². The van der Waals surface area contributed by atoms with Gasteiger partial charge in [0, 0.05) is 21.3 Å². The molecule has 0 spiro atoms. The highest BCUT2D eigenvalue weighted by atomic mass is 79.9. The Morgan fingerprint density at radius 1 is 1.40 bits per heavy atom. The molecule has 0 aliphatic carbocycles. The van der Waals surface area contributed by atoms with Crippen LogP contribution in [0.5, 0.6) is 5.75 Å². The van der Waals surface area contributed by atoms with E-state index in [2.05, 4.69) is 31.9 Å². The topological polar surface area (TPSA) is 42.2 Å². The van der Waals surface area contributed by atoms with Crippen LogP contribution in [0.4, 0.5) is 0 Å². The zero-order valence-corrected chi connectivity index (χ0v) is 11.0. The number of aromatic hydroxyl groups is 1. The van der Waals surface area contributed by atoms with Gasteiger partial charge >= 0.3 is 0 Å². The molecular weight excluding hydrogens is 326 g/mol. The minimum atomic E-state index is -0.136. The zero-order chi connectivity index (χ0) is 11.2. The van der Waals surface area contributed by atoms with Gasteiger partial charge in [-0.25, -0.2) is 0 Å². The summed E-state index contributed by atoms with van der Waals surface area (Å²) in [7, 11) is 0. The van der Waals surface area contributed by atoms with E-state index in [0.29, 0.717) is 10.9 Å². The van der Waals surface area contributed by atoms with E-state index >= 15 is 0 Å². The number of halogens is 2. The van der Waals surface area contributed by atoms with Crippen LogP contribution < -0.4 is 0 Å². The Hall–Kier alpha value is -0.810. The van der Waals surface area contributed by atoms with E-state index < -0.39 is 0 Å². The van der Waals surface area contributed by atoms with E-state index in [9.17, 15) is 9.90 Å². The molecule has 1 heterocycles. The van der Waals surface area contributed by atoms with Crippen molar-refractivity contribution in [1.29, 1.82) is 0 Å². The Morgan fingerprint density at radius 2 is 2.07 bits per heavy atom. The molecule has 3 nitrogen and oxygen atoms in total. The van der Waals surface area contributed by atoms with Crippen LogP contribution in [-0.2, 0) is 0 Å². The lowest BCUT2D eigenvalue weighted by molar-refractivity contribution is 0.0941. The minimum Gasteiger partial charge on any atom is -0.506 e. The van der Waals surface area contributed by atoms with Crippen molar-refractivity contribution in [2.45, 2.75) is 6.92 Å². The summed E-state index contributed by atoms with van der Waals surface area (Å²) < 4.78 is 3.03. The summed E-state index contributed by atoms with van der Waals surface area (Å²) in [5.74, 6) is -0.0366. The van der Waals surface area contributed by atoms with Crippen LogP contribution in [0.2, 0.25) is 0 Å². The second kappa shape index (κ2) is 3.64. The molecule has 78 valence electrons. The molecule has 1 N–H and O–H groups in total. The quantitative estimate of drug-likeness (QED) is 0.801. The van der Waals surface area contributed by atoms with Gasteiger partial charge in [-0.05, 0) is 28.1 Å². The van der Waals surface area contributed by atoms with Crippen LogP contribution in [0.1, 0.15) is 11.7 Å². The van der Waals surface area contributed by atoms with Gasteiger partial charge < -0.3 is 5.11 Å². The monoisotopic (exact) mass is 331 g/mol. The fourth-order valence-electron chi connectivity index (χ4n) is 1.51. The molecular formula is C10H7Br2NO2. The first-order chi connectivity index (χ1) is 7.00. The van der Waals surface area contributed by atoms with Gasteiger partial charge in [-0.1, -0.05) is 15.9 Å². The van der Waals surface area contributed by atoms with Crippen molar-refractivity contribution in [3.63, 3.8) is 0 Å². The van der Waals surface area contributed by atoms with Gasteiger partial charge in [-0.2, -0.15) is 0 Å². The first-order valence-electron chi connectivity index (χ1n) is 4.20. The zero-order valence-electron chi connectivity index (χ0n) is 7.79. The third-order valence-corrected chi connectivity index (χ3v) is 3.20. The summed E-state index contributed by atoms with van der Waals surface area (Å²) in [4.78, 5) is 11.3. The van der Waals surface area contributed by atoms with Crippen LogP contribution in [0.25, 0.3) is 10.9 Å². The van der Waals surface area contributed by atoms with E-state index in [0.717, 1.165) is 8.95 Å². The van der Waals surface area contributed by atoms with Crippen LogP contribution in [0, 0.1) is 0 Å². The number of nitrogens with zero attached hydrogens (tertiary/aromatic N) is 1. The Labute approximate surface area is 103 Å². The lowest BCUT2D eigenvalue weighted by Gasteiger charge is -2.01. The van der Waals surface area contributed by atoms with E-state index in [-0.39, 0.29) is 11.7 Å². The fraction of sp³-hybridized carbons (Fsp3) is 0.100. The smallest absolute Gasteiger partial charge is 0.228 e. The van der Waals surface area contributed by atoms with Crippen molar-refractivity contribution in [2.24, 2.45) is 0 Å². The summed E-state index contributed by atoms with van der Waals surface area (Å²) >= 11 is 6.69. The van der Waals surface area contributed by atoms with E-state index in [4.69, 9.17) is 0 Å². The standard InChI is InChI=1S/C10H7Br2NO2/c1-5(14)13-4-9(15)7-2-6(11)3-8(12)10(7)13/h2-4,15H,1H3. The maximum Gasteiger partial charge on any atom is 0.228 e. The molecule has 0 unspecified atom stereocenters. The summed E-state index contributed by atoms with van der Waals surface area (Å²) in [5.41, 5.74) is 0.684. The number of rotatable bonds is 0. The first kappa shape index (κ1) is 10.7. The molecule has 0 atom stereocenters. The predicted molar refractivity (Wildman–Crippen MR) is 65.3 cm³/mol. The molecule has 0 aliphatic heterocycles. The van der Waals surface area contributed by atoms with Crippen LogP contribution in [0.3, 0.4) is 0 Å². The van der Waals surface area contributed by atoms with Gasteiger partial charge in [-0.15, -0.1) is 0 Å². The van der Waals surface area contributed by atoms with E-state index in [1.165, 1.54) is 17.7 Å². The third kappa shape index (κ3) is 1.70. The summed E-state index contributed by atoms with van der Waals surface area (Å²) in [6.45, 7) is 1.45. The van der Waals surface area contributed by atoms with E-state index in [1.54, 1.807) is 6.07 Å². The van der Waals surface area contributed by atoms with Crippen molar-refractivity contribution in [1.82, 2.24) is 4.57 Å². The number of carbonyl (C=O) groups is 1. The number of fused-ring (bicyclic) bond motifs is 1. The number of hydrogen-bond acceptors (Lipinski definition) is 2. The second-order valence-corrected chi connectivity index (χ2v) is 4.96.